The van der Waals surface area contributed by atoms with Crippen LogP contribution >= 0.6 is 11.6 Å². The van der Waals surface area contributed by atoms with Crippen molar-refractivity contribution >= 4 is 11.6 Å². The largest absolute Gasteiger partial charge is 0.392 e. The highest BCUT2D eigenvalue weighted by atomic mass is 35.5. The molecule has 0 amide bonds. The summed E-state index contributed by atoms with van der Waals surface area (Å²) >= 11 is 7.24. The molecule has 6 fully saturated rings. The van der Waals surface area contributed by atoms with Gasteiger partial charge in [-0.3, -0.25) is 4.90 Å². The molecule has 1 saturated heterocycles. The lowest BCUT2D eigenvalue weighted by Crippen LogP contribution is -2.83. The Bertz CT molecular complexity index is 772. The van der Waals surface area contributed by atoms with Gasteiger partial charge in [0.2, 0.25) is 0 Å². The molecule has 5 aliphatic carbocycles. The number of rotatable bonds is 3. The highest BCUT2D eigenvalue weighted by Gasteiger charge is 2.89. The van der Waals surface area contributed by atoms with Crippen molar-refractivity contribution in [1.82, 2.24) is 4.90 Å². The number of hydrogen-bond acceptors (Lipinski definition) is 7. The highest BCUT2D eigenvalue weighted by Crippen LogP contribution is 2.79. The van der Waals surface area contributed by atoms with Crippen molar-refractivity contribution in [2.24, 2.45) is 29.1 Å². The lowest BCUT2D eigenvalue weighted by Gasteiger charge is -2.70. The predicted octanol–water partition coefficient (Wildman–Crippen LogP) is -0.0383. The Balaban J connectivity index is 1.63. The fourth-order valence-corrected chi connectivity index (χ4v) is 10.5. The van der Waals surface area contributed by atoms with Crippen LogP contribution in [0.15, 0.2) is 0 Å². The molecular formula is C22H34ClNO6. The fraction of sp³-hybridized carbons (Fsp3) is 1.00. The van der Waals surface area contributed by atoms with Gasteiger partial charge in [-0.15, -0.1) is 11.6 Å². The second-order valence-electron chi connectivity index (χ2n) is 10.9. The molecule has 0 aromatic rings. The van der Waals surface area contributed by atoms with Gasteiger partial charge in [0.25, 0.3) is 0 Å². The lowest BCUT2D eigenvalue weighted by atomic mass is 9.44. The van der Waals surface area contributed by atoms with Crippen LogP contribution in [-0.2, 0) is 9.47 Å². The first-order chi connectivity index (χ1) is 14.2. The Hall–Kier alpha value is 0.01000. The van der Waals surface area contributed by atoms with E-state index in [0.717, 1.165) is 6.54 Å². The molecule has 1 heterocycles. The van der Waals surface area contributed by atoms with Crippen LogP contribution in [0.1, 0.15) is 32.6 Å². The predicted molar refractivity (Wildman–Crippen MR) is 108 cm³/mol. The minimum absolute atomic E-state index is 0.0522. The van der Waals surface area contributed by atoms with Gasteiger partial charge < -0.3 is 29.9 Å². The first-order valence-corrected chi connectivity index (χ1v) is 11.8. The normalized spacial score (nSPS) is 65.8. The molecule has 0 aromatic heterocycles. The first-order valence-electron chi connectivity index (χ1n) is 11.5. The summed E-state index contributed by atoms with van der Waals surface area (Å²) in [5.41, 5.74) is -3.52. The van der Waals surface area contributed by atoms with Crippen molar-refractivity contribution in [1.29, 1.82) is 0 Å². The van der Waals surface area contributed by atoms with Gasteiger partial charge in [0, 0.05) is 62.8 Å². The number of nitrogens with zero attached hydrogens (tertiary/aromatic N) is 1. The van der Waals surface area contributed by atoms with Crippen LogP contribution in [0.5, 0.6) is 0 Å². The quantitative estimate of drug-likeness (QED) is 0.454. The Labute approximate surface area is 182 Å². The van der Waals surface area contributed by atoms with Crippen molar-refractivity contribution in [2.45, 2.75) is 79.1 Å². The zero-order chi connectivity index (χ0) is 21.4. The van der Waals surface area contributed by atoms with Gasteiger partial charge in [0.1, 0.15) is 11.2 Å². The number of halogens is 1. The van der Waals surface area contributed by atoms with Crippen LogP contribution < -0.4 is 0 Å². The smallest absolute Gasteiger partial charge is 0.124 e. The molecule has 0 aromatic carbocycles. The summed E-state index contributed by atoms with van der Waals surface area (Å²) in [6, 6.07) is -0.0796. The third-order valence-electron chi connectivity index (χ3n) is 10.7. The van der Waals surface area contributed by atoms with Crippen molar-refractivity contribution in [3.05, 3.63) is 0 Å². The summed E-state index contributed by atoms with van der Waals surface area (Å²) in [7, 11) is 3.26. The molecule has 1 aliphatic heterocycles. The van der Waals surface area contributed by atoms with Crippen LogP contribution in [0, 0.1) is 29.1 Å². The highest BCUT2D eigenvalue weighted by molar-refractivity contribution is 6.25. The summed E-state index contributed by atoms with van der Waals surface area (Å²) in [6.07, 6.45) is -0.584. The molecule has 7 bridgehead atoms. The molecule has 30 heavy (non-hydrogen) atoms. The summed E-state index contributed by atoms with van der Waals surface area (Å²) in [5.74, 6) is -0.847. The molecule has 170 valence electrons. The van der Waals surface area contributed by atoms with Crippen molar-refractivity contribution in [3.63, 3.8) is 0 Å². The van der Waals surface area contributed by atoms with E-state index in [1.165, 1.54) is 0 Å². The standard InChI is InChI=1S/C22H34ClNO6/c1-4-24-9-19(23)13-6-11-17(24)21(13,16(26)7-15(19)25)14-5-10-12(29-2)8-20(11,27)22(14,28)18(10)30-3/h10-18,25-28H,4-9H2,1-3H3/t10-,11+,12+,13-,14+,15+,16-,17-,18+,19-,20+,21+,22+/m1/s1. The van der Waals surface area contributed by atoms with Crippen LogP contribution in [-0.4, -0.2) is 99.2 Å². The number of alkyl halides is 1. The van der Waals surface area contributed by atoms with Crippen LogP contribution in [0.3, 0.4) is 0 Å². The average molecular weight is 444 g/mol. The molecule has 8 heteroatoms. The number of likely N-dealkylation sites (tertiary alicyclic amines) is 1. The Morgan fingerprint density at radius 1 is 1.03 bits per heavy atom. The molecule has 5 saturated carbocycles. The van der Waals surface area contributed by atoms with E-state index >= 15 is 0 Å². The van der Waals surface area contributed by atoms with Gasteiger partial charge in [-0.05, 0) is 25.3 Å². The number of ether oxygens (including phenoxy) is 2. The second-order valence-corrected chi connectivity index (χ2v) is 11.6. The molecule has 6 rings (SSSR count). The summed E-state index contributed by atoms with van der Waals surface area (Å²) in [6.45, 7) is 3.33. The molecule has 0 radical (unpaired) electrons. The second kappa shape index (κ2) is 5.92. The molecule has 13 atom stereocenters. The van der Waals surface area contributed by atoms with Crippen LogP contribution in [0.4, 0.5) is 0 Å². The number of piperidine rings is 1. The topological polar surface area (TPSA) is 103 Å². The van der Waals surface area contributed by atoms with Crippen LogP contribution in [0.25, 0.3) is 0 Å². The molecule has 7 nitrogen and oxygen atoms in total. The van der Waals surface area contributed by atoms with Gasteiger partial charge in [0.15, 0.2) is 0 Å². The minimum atomic E-state index is -1.46. The first kappa shape index (κ1) is 20.6. The molecule has 1 spiro atoms. The van der Waals surface area contributed by atoms with Crippen LogP contribution in [0.2, 0.25) is 0 Å². The van der Waals surface area contributed by atoms with E-state index in [1.54, 1.807) is 14.2 Å². The van der Waals surface area contributed by atoms with Gasteiger partial charge in [0.05, 0.1) is 29.3 Å². The SMILES string of the molecule is CCN1C[C@@]2(Cl)[C@H]3C[C@H]4[C@@H]1[C@]3([C@H](O)C[C@@H]2O)[C@@H]1C[C@@H]2[C@@H](OC)C[C@@]4(O)[C@@]1(O)[C@H]2OC. The maximum absolute atomic E-state index is 12.3. The van der Waals surface area contributed by atoms with Gasteiger partial charge >= 0.3 is 0 Å². The molecular weight excluding hydrogens is 410 g/mol. The lowest BCUT2D eigenvalue weighted by molar-refractivity contribution is -0.329. The van der Waals surface area contributed by atoms with Gasteiger partial charge in [-0.2, -0.15) is 0 Å². The Kier molecular flexibility index (Phi) is 4.07. The summed E-state index contributed by atoms with van der Waals surface area (Å²) < 4.78 is 11.7. The van der Waals surface area contributed by atoms with Gasteiger partial charge in [-0.25, -0.2) is 0 Å². The number of fused-ring (bicyclic) bond motifs is 2. The zero-order valence-electron chi connectivity index (χ0n) is 17.9. The molecule has 4 N–H and O–H groups in total. The van der Waals surface area contributed by atoms with E-state index < -0.39 is 39.8 Å². The molecule has 6 aliphatic rings. The Morgan fingerprint density at radius 2 is 1.77 bits per heavy atom. The number of methoxy groups -OCH3 is 2. The van der Waals surface area contributed by atoms with E-state index in [0.29, 0.717) is 25.8 Å². The number of aliphatic hydroxyl groups is 4. The van der Waals surface area contributed by atoms with E-state index in [2.05, 4.69) is 11.8 Å². The maximum Gasteiger partial charge on any atom is 0.124 e. The van der Waals surface area contributed by atoms with Crippen molar-refractivity contribution < 1.29 is 29.9 Å². The minimum Gasteiger partial charge on any atom is -0.392 e. The zero-order valence-corrected chi connectivity index (χ0v) is 18.6. The van der Waals surface area contributed by atoms with Crippen molar-refractivity contribution in [3.8, 4) is 0 Å². The van der Waals surface area contributed by atoms with Crippen molar-refractivity contribution in [2.75, 3.05) is 27.3 Å². The summed E-state index contributed by atoms with van der Waals surface area (Å²) in [5, 5.41) is 47.3. The monoisotopic (exact) mass is 443 g/mol. The van der Waals surface area contributed by atoms with Gasteiger partial charge in [-0.1, -0.05) is 6.92 Å². The number of hydrogen-bond donors (Lipinski definition) is 4. The number of aliphatic hydroxyl groups excluding tert-OH is 2. The Morgan fingerprint density at radius 3 is 2.40 bits per heavy atom. The summed E-state index contributed by atoms with van der Waals surface area (Å²) in [4.78, 5) is 1.38. The third kappa shape index (κ3) is 1.78. The average Bonchev–Trinajstić information content (AvgIpc) is 3.14. The third-order valence-corrected chi connectivity index (χ3v) is 11.3. The fourth-order valence-electron chi connectivity index (χ4n) is 9.93. The van der Waals surface area contributed by atoms with E-state index in [9.17, 15) is 20.4 Å². The van der Waals surface area contributed by atoms with E-state index in [1.807, 2.05) is 0 Å². The van der Waals surface area contributed by atoms with E-state index in [-0.39, 0.29) is 42.2 Å². The van der Waals surface area contributed by atoms with E-state index in [4.69, 9.17) is 21.1 Å². The molecule has 0 unspecified atom stereocenters. The maximum atomic E-state index is 12.3.